The monoisotopic (exact) mass is 313 g/mol. The SMILES string of the molecule is CC(C)Oc1ccc(CNC2CCSc3ccccc32)cc1. The number of thioether (sulfide) groups is 1. The topological polar surface area (TPSA) is 21.3 Å². The molecule has 0 aliphatic carbocycles. The molecule has 1 N–H and O–H groups in total. The minimum Gasteiger partial charge on any atom is -0.491 e. The van der Waals surface area contributed by atoms with Crippen molar-refractivity contribution in [3.8, 4) is 5.75 Å². The van der Waals surface area contributed by atoms with E-state index in [1.165, 1.54) is 28.2 Å². The van der Waals surface area contributed by atoms with E-state index < -0.39 is 0 Å². The molecule has 0 saturated heterocycles. The molecule has 22 heavy (non-hydrogen) atoms. The standard InChI is InChI=1S/C19H23NOS/c1-14(2)21-16-9-7-15(8-10-16)13-20-18-11-12-22-19-6-4-3-5-17(18)19/h3-10,14,18,20H,11-13H2,1-2H3. The van der Waals surface area contributed by atoms with Crippen LogP contribution in [0.5, 0.6) is 5.75 Å². The Labute approximate surface area is 137 Å². The predicted octanol–water partition coefficient (Wildman–Crippen LogP) is 4.80. The van der Waals surface area contributed by atoms with Crippen molar-refractivity contribution in [3.05, 3.63) is 59.7 Å². The molecule has 1 unspecified atom stereocenters. The van der Waals surface area contributed by atoms with Gasteiger partial charge in [-0.25, -0.2) is 0 Å². The van der Waals surface area contributed by atoms with Gasteiger partial charge < -0.3 is 10.1 Å². The second kappa shape index (κ2) is 7.21. The lowest BCUT2D eigenvalue weighted by Gasteiger charge is -2.26. The summed E-state index contributed by atoms with van der Waals surface area (Å²) in [6, 6.07) is 17.6. The zero-order valence-electron chi connectivity index (χ0n) is 13.2. The molecule has 1 atom stereocenters. The first-order valence-electron chi connectivity index (χ1n) is 7.93. The van der Waals surface area contributed by atoms with Crippen molar-refractivity contribution in [1.29, 1.82) is 0 Å². The summed E-state index contributed by atoms with van der Waals surface area (Å²) in [5.41, 5.74) is 2.74. The zero-order valence-corrected chi connectivity index (χ0v) is 14.0. The molecule has 0 amide bonds. The van der Waals surface area contributed by atoms with Crippen LogP contribution in [0.3, 0.4) is 0 Å². The van der Waals surface area contributed by atoms with Crippen LogP contribution in [0.4, 0.5) is 0 Å². The third-order valence-electron chi connectivity index (χ3n) is 3.81. The first kappa shape index (κ1) is 15.4. The predicted molar refractivity (Wildman–Crippen MR) is 93.6 cm³/mol. The van der Waals surface area contributed by atoms with Gasteiger partial charge in [0.2, 0.25) is 0 Å². The van der Waals surface area contributed by atoms with Crippen molar-refractivity contribution in [2.75, 3.05) is 5.75 Å². The molecule has 2 aromatic rings. The van der Waals surface area contributed by atoms with Crippen molar-refractivity contribution in [1.82, 2.24) is 5.32 Å². The highest BCUT2D eigenvalue weighted by Crippen LogP contribution is 2.35. The number of hydrogen-bond donors (Lipinski definition) is 1. The summed E-state index contributed by atoms with van der Waals surface area (Å²) in [7, 11) is 0. The number of rotatable bonds is 5. The van der Waals surface area contributed by atoms with Crippen molar-refractivity contribution in [3.63, 3.8) is 0 Å². The normalized spacial score (nSPS) is 17.3. The molecule has 0 radical (unpaired) electrons. The van der Waals surface area contributed by atoms with Crippen LogP contribution in [-0.4, -0.2) is 11.9 Å². The molecule has 0 bridgehead atoms. The van der Waals surface area contributed by atoms with E-state index in [1.807, 2.05) is 25.6 Å². The Bertz CT molecular complexity index is 609. The van der Waals surface area contributed by atoms with Gasteiger partial charge in [-0.1, -0.05) is 30.3 Å². The highest BCUT2D eigenvalue weighted by atomic mass is 32.2. The molecule has 0 spiro atoms. The highest BCUT2D eigenvalue weighted by molar-refractivity contribution is 7.99. The minimum absolute atomic E-state index is 0.222. The summed E-state index contributed by atoms with van der Waals surface area (Å²) < 4.78 is 5.69. The lowest BCUT2D eigenvalue weighted by molar-refractivity contribution is 0.242. The third kappa shape index (κ3) is 3.84. The number of benzene rings is 2. The fraction of sp³-hybridized carbons (Fsp3) is 0.368. The smallest absolute Gasteiger partial charge is 0.119 e. The Morgan fingerprint density at radius 2 is 1.91 bits per heavy atom. The molecular weight excluding hydrogens is 290 g/mol. The first-order chi connectivity index (χ1) is 10.7. The average molecular weight is 313 g/mol. The molecule has 1 aliphatic rings. The maximum absolute atomic E-state index is 5.69. The van der Waals surface area contributed by atoms with Gasteiger partial charge in [-0.2, -0.15) is 0 Å². The third-order valence-corrected chi connectivity index (χ3v) is 4.93. The average Bonchev–Trinajstić information content (AvgIpc) is 2.54. The van der Waals surface area contributed by atoms with E-state index in [4.69, 9.17) is 4.74 Å². The maximum atomic E-state index is 5.69. The summed E-state index contributed by atoms with van der Waals surface area (Å²) in [4.78, 5) is 1.42. The van der Waals surface area contributed by atoms with E-state index in [0.29, 0.717) is 6.04 Å². The molecule has 2 nitrogen and oxygen atoms in total. The maximum Gasteiger partial charge on any atom is 0.119 e. The first-order valence-corrected chi connectivity index (χ1v) is 8.91. The zero-order chi connectivity index (χ0) is 15.4. The number of hydrogen-bond acceptors (Lipinski definition) is 3. The molecule has 3 heteroatoms. The lowest BCUT2D eigenvalue weighted by atomic mass is 10.0. The Hall–Kier alpha value is -1.45. The molecule has 0 fully saturated rings. The van der Waals surface area contributed by atoms with Crippen LogP contribution in [-0.2, 0) is 6.54 Å². The van der Waals surface area contributed by atoms with Crippen LogP contribution in [0.25, 0.3) is 0 Å². The van der Waals surface area contributed by atoms with E-state index in [0.717, 1.165) is 12.3 Å². The summed E-state index contributed by atoms with van der Waals surface area (Å²) in [6.45, 7) is 4.99. The summed E-state index contributed by atoms with van der Waals surface area (Å²) in [5, 5.41) is 3.70. The second-order valence-electron chi connectivity index (χ2n) is 5.92. The second-order valence-corrected chi connectivity index (χ2v) is 7.06. The van der Waals surface area contributed by atoms with Crippen LogP contribution in [0.15, 0.2) is 53.4 Å². The fourth-order valence-corrected chi connectivity index (χ4v) is 3.88. The minimum atomic E-state index is 0.222. The van der Waals surface area contributed by atoms with E-state index in [1.54, 1.807) is 0 Å². The Balaban J connectivity index is 1.61. The van der Waals surface area contributed by atoms with Gasteiger partial charge in [0.15, 0.2) is 0 Å². The van der Waals surface area contributed by atoms with E-state index in [9.17, 15) is 0 Å². The van der Waals surface area contributed by atoms with Gasteiger partial charge in [0.25, 0.3) is 0 Å². The molecule has 2 aromatic carbocycles. The highest BCUT2D eigenvalue weighted by Gasteiger charge is 2.19. The van der Waals surface area contributed by atoms with Crippen molar-refractivity contribution >= 4 is 11.8 Å². The van der Waals surface area contributed by atoms with Crippen LogP contribution < -0.4 is 10.1 Å². The summed E-state index contributed by atoms with van der Waals surface area (Å²) in [6.07, 6.45) is 1.41. The van der Waals surface area contributed by atoms with Crippen molar-refractivity contribution < 1.29 is 4.74 Å². The van der Waals surface area contributed by atoms with Crippen LogP contribution in [0.1, 0.15) is 37.4 Å². The van der Waals surface area contributed by atoms with Gasteiger partial charge in [0, 0.05) is 17.5 Å². The van der Waals surface area contributed by atoms with Crippen molar-refractivity contribution in [2.24, 2.45) is 0 Å². The molecule has 116 valence electrons. The largest absolute Gasteiger partial charge is 0.491 e. The van der Waals surface area contributed by atoms with Gasteiger partial charge in [0.1, 0.15) is 5.75 Å². The molecular formula is C19H23NOS. The summed E-state index contributed by atoms with van der Waals surface area (Å²) in [5.74, 6) is 2.13. The van der Waals surface area contributed by atoms with Crippen molar-refractivity contribution in [2.45, 2.75) is 43.9 Å². The summed E-state index contributed by atoms with van der Waals surface area (Å²) >= 11 is 1.97. The van der Waals surface area contributed by atoms with Gasteiger partial charge >= 0.3 is 0 Å². The van der Waals surface area contributed by atoms with Gasteiger partial charge in [-0.3, -0.25) is 0 Å². The number of fused-ring (bicyclic) bond motifs is 1. The van der Waals surface area contributed by atoms with E-state index in [-0.39, 0.29) is 6.10 Å². The molecule has 0 saturated carbocycles. The molecule has 1 heterocycles. The van der Waals surface area contributed by atoms with Gasteiger partial charge in [-0.05, 0) is 55.3 Å². The fourth-order valence-electron chi connectivity index (χ4n) is 2.75. The quantitative estimate of drug-likeness (QED) is 0.856. The lowest BCUT2D eigenvalue weighted by Crippen LogP contribution is -2.24. The molecule has 1 aliphatic heterocycles. The molecule has 0 aromatic heterocycles. The Kier molecular flexibility index (Phi) is 5.06. The van der Waals surface area contributed by atoms with E-state index >= 15 is 0 Å². The van der Waals surface area contributed by atoms with Crippen LogP contribution >= 0.6 is 11.8 Å². The van der Waals surface area contributed by atoms with Crippen LogP contribution in [0.2, 0.25) is 0 Å². The number of nitrogens with one attached hydrogen (secondary N) is 1. The van der Waals surface area contributed by atoms with Crippen LogP contribution in [0, 0.1) is 0 Å². The van der Waals surface area contributed by atoms with Gasteiger partial charge in [0.05, 0.1) is 6.10 Å². The van der Waals surface area contributed by atoms with E-state index in [2.05, 4.69) is 53.8 Å². The molecule has 3 rings (SSSR count). The Morgan fingerprint density at radius 3 is 2.68 bits per heavy atom. The Morgan fingerprint density at radius 1 is 1.14 bits per heavy atom. The number of ether oxygens (including phenoxy) is 1. The van der Waals surface area contributed by atoms with Gasteiger partial charge in [-0.15, -0.1) is 11.8 Å².